The Bertz CT molecular complexity index is 520. The van der Waals surface area contributed by atoms with Crippen LogP contribution in [-0.2, 0) is 6.54 Å². The topological polar surface area (TPSA) is 21.3 Å². The van der Waals surface area contributed by atoms with Gasteiger partial charge >= 0.3 is 0 Å². The number of hydrogen-bond donors (Lipinski definition) is 1. The highest BCUT2D eigenvalue weighted by atomic mass is 35.5. The number of nitrogens with one attached hydrogen (secondary N) is 1. The summed E-state index contributed by atoms with van der Waals surface area (Å²) < 4.78 is 5.66. The van der Waals surface area contributed by atoms with E-state index in [1.807, 2.05) is 36.4 Å². The highest BCUT2D eigenvalue weighted by Crippen LogP contribution is 2.16. The van der Waals surface area contributed by atoms with Gasteiger partial charge in [-0.25, -0.2) is 0 Å². The van der Waals surface area contributed by atoms with Gasteiger partial charge in [0.1, 0.15) is 5.75 Å². The van der Waals surface area contributed by atoms with Gasteiger partial charge in [0.05, 0.1) is 6.61 Å². The van der Waals surface area contributed by atoms with Gasteiger partial charge in [-0.2, -0.15) is 0 Å². The van der Waals surface area contributed by atoms with Crippen LogP contribution in [0.2, 0.25) is 5.02 Å². The largest absolute Gasteiger partial charge is 0.493 e. The Labute approximate surface area is 125 Å². The molecule has 0 aliphatic carbocycles. The van der Waals surface area contributed by atoms with Crippen LogP contribution < -0.4 is 10.1 Å². The van der Waals surface area contributed by atoms with Gasteiger partial charge in [-0.1, -0.05) is 37.6 Å². The van der Waals surface area contributed by atoms with Gasteiger partial charge in [0.15, 0.2) is 0 Å². The zero-order chi connectivity index (χ0) is 14.4. The predicted octanol–water partition coefficient (Wildman–Crippen LogP) is 4.99. The van der Waals surface area contributed by atoms with Gasteiger partial charge in [-0.15, -0.1) is 0 Å². The first kappa shape index (κ1) is 14.7. The highest BCUT2D eigenvalue weighted by molar-refractivity contribution is 6.30. The van der Waals surface area contributed by atoms with E-state index in [1.165, 1.54) is 5.56 Å². The summed E-state index contributed by atoms with van der Waals surface area (Å²) >= 11 is 5.86. The minimum Gasteiger partial charge on any atom is -0.493 e. The van der Waals surface area contributed by atoms with Crippen molar-refractivity contribution in [1.29, 1.82) is 0 Å². The monoisotopic (exact) mass is 289 g/mol. The molecule has 2 aromatic carbocycles. The van der Waals surface area contributed by atoms with Crippen molar-refractivity contribution in [1.82, 2.24) is 0 Å². The van der Waals surface area contributed by atoms with Crippen LogP contribution in [0.5, 0.6) is 5.75 Å². The highest BCUT2D eigenvalue weighted by Gasteiger charge is 1.98. The van der Waals surface area contributed by atoms with Crippen LogP contribution >= 0.6 is 11.6 Å². The van der Waals surface area contributed by atoms with Gasteiger partial charge in [0.25, 0.3) is 0 Å². The lowest BCUT2D eigenvalue weighted by Crippen LogP contribution is -2.04. The third kappa shape index (κ3) is 4.78. The zero-order valence-electron chi connectivity index (χ0n) is 11.9. The molecular formula is C17H20ClNO. The second kappa shape index (κ2) is 7.20. The van der Waals surface area contributed by atoms with Crippen LogP contribution in [-0.4, -0.2) is 6.61 Å². The van der Waals surface area contributed by atoms with E-state index in [2.05, 4.69) is 31.3 Å². The van der Waals surface area contributed by atoms with Gasteiger partial charge in [0.2, 0.25) is 0 Å². The Kier molecular flexibility index (Phi) is 5.31. The average molecular weight is 290 g/mol. The summed E-state index contributed by atoms with van der Waals surface area (Å²) in [6.45, 7) is 5.82. The molecule has 0 amide bonds. The summed E-state index contributed by atoms with van der Waals surface area (Å²) in [6, 6.07) is 15.9. The number of anilines is 1. The molecule has 0 bridgehead atoms. The Morgan fingerprint density at radius 1 is 1.00 bits per heavy atom. The van der Waals surface area contributed by atoms with E-state index >= 15 is 0 Å². The molecule has 2 rings (SSSR count). The van der Waals surface area contributed by atoms with Crippen LogP contribution in [0.15, 0.2) is 48.5 Å². The smallest absolute Gasteiger partial charge is 0.119 e. The molecule has 2 nitrogen and oxygen atoms in total. The third-order valence-electron chi connectivity index (χ3n) is 2.85. The summed E-state index contributed by atoms with van der Waals surface area (Å²) in [6.07, 6.45) is 0. The van der Waals surface area contributed by atoms with E-state index in [1.54, 1.807) is 0 Å². The van der Waals surface area contributed by atoms with Gasteiger partial charge < -0.3 is 10.1 Å². The molecule has 0 saturated carbocycles. The first-order chi connectivity index (χ1) is 9.63. The quantitative estimate of drug-likeness (QED) is 0.809. The molecule has 0 spiro atoms. The number of benzene rings is 2. The molecule has 2 aromatic rings. The zero-order valence-corrected chi connectivity index (χ0v) is 12.7. The second-order valence-electron chi connectivity index (χ2n) is 5.21. The molecule has 0 heterocycles. The predicted molar refractivity (Wildman–Crippen MR) is 85.6 cm³/mol. The Morgan fingerprint density at radius 2 is 1.65 bits per heavy atom. The van der Waals surface area contributed by atoms with Crippen molar-refractivity contribution >= 4 is 17.3 Å². The molecule has 0 aliphatic rings. The van der Waals surface area contributed by atoms with Gasteiger partial charge in [-0.3, -0.25) is 0 Å². The fourth-order valence-electron chi connectivity index (χ4n) is 1.74. The van der Waals surface area contributed by atoms with Crippen molar-refractivity contribution in [2.45, 2.75) is 20.4 Å². The molecule has 0 atom stereocenters. The Hall–Kier alpha value is -1.67. The number of ether oxygens (including phenoxy) is 1. The van der Waals surface area contributed by atoms with Crippen molar-refractivity contribution in [3.05, 3.63) is 59.1 Å². The van der Waals surface area contributed by atoms with Crippen molar-refractivity contribution in [2.24, 2.45) is 5.92 Å². The molecule has 0 saturated heterocycles. The van der Waals surface area contributed by atoms with Crippen LogP contribution in [0.1, 0.15) is 19.4 Å². The molecular weight excluding hydrogens is 270 g/mol. The number of halogens is 1. The lowest BCUT2D eigenvalue weighted by molar-refractivity contribution is 0.271. The lowest BCUT2D eigenvalue weighted by atomic mass is 10.2. The Balaban J connectivity index is 1.85. The second-order valence-corrected chi connectivity index (χ2v) is 5.65. The normalized spacial score (nSPS) is 10.6. The van der Waals surface area contributed by atoms with E-state index < -0.39 is 0 Å². The molecule has 1 N–H and O–H groups in total. The maximum Gasteiger partial charge on any atom is 0.119 e. The summed E-state index contributed by atoms with van der Waals surface area (Å²) in [5, 5.41) is 4.11. The van der Waals surface area contributed by atoms with Crippen molar-refractivity contribution in [3.63, 3.8) is 0 Å². The summed E-state index contributed by atoms with van der Waals surface area (Å²) in [4.78, 5) is 0. The van der Waals surface area contributed by atoms with Gasteiger partial charge in [-0.05, 0) is 47.9 Å². The molecule has 0 aromatic heterocycles. The molecule has 106 valence electrons. The number of hydrogen-bond acceptors (Lipinski definition) is 2. The van der Waals surface area contributed by atoms with Crippen LogP contribution in [0.25, 0.3) is 0 Å². The summed E-state index contributed by atoms with van der Waals surface area (Å²) in [7, 11) is 0. The van der Waals surface area contributed by atoms with Crippen molar-refractivity contribution in [3.8, 4) is 5.75 Å². The molecule has 0 aliphatic heterocycles. The molecule has 20 heavy (non-hydrogen) atoms. The average Bonchev–Trinajstić information content (AvgIpc) is 2.45. The summed E-state index contributed by atoms with van der Waals surface area (Å²) in [5.74, 6) is 1.47. The fraction of sp³-hybridized carbons (Fsp3) is 0.294. The molecule has 3 heteroatoms. The maximum atomic E-state index is 5.86. The fourth-order valence-corrected chi connectivity index (χ4v) is 1.86. The standard InChI is InChI=1S/C17H20ClNO/c1-13(2)12-20-17-9-3-14(4-10-17)11-19-16-7-5-15(18)6-8-16/h3-10,13,19H,11-12H2,1-2H3. The minimum atomic E-state index is 0.543. The Morgan fingerprint density at radius 3 is 2.25 bits per heavy atom. The first-order valence-electron chi connectivity index (χ1n) is 6.84. The minimum absolute atomic E-state index is 0.543. The van der Waals surface area contributed by atoms with E-state index in [-0.39, 0.29) is 0 Å². The van der Waals surface area contributed by atoms with E-state index in [0.29, 0.717) is 5.92 Å². The first-order valence-corrected chi connectivity index (χ1v) is 7.22. The van der Waals surface area contributed by atoms with Crippen LogP contribution in [0.4, 0.5) is 5.69 Å². The van der Waals surface area contributed by atoms with Crippen LogP contribution in [0.3, 0.4) is 0 Å². The summed E-state index contributed by atoms with van der Waals surface area (Å²) in [5.41, 5.74) is 2.28. The SMILES string of the molecule is CC(C)COc1ccc(CNc2ccc(Cl)cc2)cc1. The van der Waals surface area contributed by atoms with Gasteiger partial charge in [0, 0.05) is 17.3 Å². The maximum absolute atomic E-state index is 5.86. The van der Waals surface area contributed by atoms with Crippen molar-refractivity contribution < 1.29 is 4.74 Å². The van der Waals surface area contributed by atoms with E-state index in [0.717, 1.165) is 29.6 Å². The van der Waals surface area contributed by atoms with Crippen LogP contribution in [0, 0.1) is 5.92 Å². The number of rotatable bonds is 6. The molecule has 0 fully saturated rings. The third-order valence-corrected chi connectivity index (χ3v) is 3.10. The van der Waals surface area contributed by atoms with E-state index in [4.69, 9.17) is 16.3 Å². The van der Waals surface area contributed by atoms with E-state index in [9.17, 15) is 0 Å². The lowest BCUT2D eigenvalue weighted by Gasteiger charge is -2.10. The molecule has 0 unspecified atom stereocenters. The van der Waals surface area contributed by atoms with Crippen molar-refractivity contribution in [2.75, 3.05) is 11.9 Å². The molecule has 0 radical (unpaired) electrons.